The van der Waals surface area contributed by atoms with Crippen LogP contribution < -0.4 is 10.5 Å². The average Bonchev–Trinajstić information content (AvgIpc) is 3.83. The molecule has 2 aliphatic rings. The SMILES string of the molecule is C=CCOC(=O)N1CC(c2cc(CCc3ccc(Cl)s3)[nH]n2)C1.C=CCOC(=O)N1CC(c2cc(N)n[nH]2)C1.COc1ccc(Cl)s1. The Morgan fingerprint density at radius 3 is 2.02 bits per heavy atom. The van der Waals surface area contributed by atoms with Gasteiger partial charge in [-0.15, -0.1) is 11.3 Å². The fourth-order valence-electron chi connectivity index (χ4n) is 4.51. The zero-order chi connectivity index (χ0) is 33.8. The standard InChI is InChI=1S/C16H18ClN3O2S.C10H14N4O2.C5H5ClOS/c1-2-7-22-16(21)20-9-11(10-20)14-8-12(18-19-14)3-4-13-5-6-15(17)23-13;1-2-3-16-10(15)14-5-7(6-14)8-4-9(11)13-12-8;1-7-5-3-2-4(6)8-5/h2,5-6,8,11H,1,3-4,7,9-10H2,(H,18,19);2,4,7H,1,3,5-6H2,(H3,11,12,13);2-3H,1H3. The van der Waals surface area contributed by atoms with Crippen LogP contribution in [0.3, 0.4) is 0 Å². The number of halogens is 2. The number of hydrogen-bond acceptors (Lipinski definition) is 10. The van der Waals surface area contributed by atoms with E-state index in [-0.39, 0.29) is 37.2 Å². The van der Waals surface area contributed by atoms with Gasteiger partial charge in [-0.3, -0.25) is 10.2 Å². The Hall–Kier alpha value is -3.98. The van der Waals surface area contributed by atoms with Crippen molar-refractivity contribution in [2.45, 2.75) is 24.7 Å². The van der Waals surface area contributed by atoms with E-state index in [1.807, 2.05) is 18.2 Å². The molecule has 4 aromatic rings. The van der Waals surface area contributed by atoms with E-state index in [4.69, 9.17) is 43.1 Å². The third-order valence-corrected chi connectivity index (χ3v) is 9.56. The lowest BCUT2D eigenvalue weighted by Crippen LogP contribution is -2.48. The van der Waals surface area contributed by atoms with E-state index in [1.54, 1.807) is 46.5 Å². The Morgan fingerprint density at radius 2 is 1.53 bits per heavy atom. The number of amides is 2. The number of rotatable bonds is 10. The summed E-state index contributed by atoms with van der Waals surface area (Å²) < 4.78 is 16.4. The number of hydrogen-bond donors (Lipinski definition) is 3. The first-order valence-electron chi connectivity index (χ1n) is 14.6. The molecule has 0 unspecified atom stereocenters. The van der Waals surface area contributed by atoms with E-state index in [9.17, 15) is 9.59 Å². The summed E-state index contributed by atoms with van der Waals surface area (Å²) in [6.45, 7) is 10.1. The van der Waals surface area contributed by atoms with Crippen LogP contribution in [-0.2, 0) is 22.3 Å². The zero-order valence-corrected chi connectivity index (χ0v) is 29.0. The van der Waals surface area contributed by atoms with Gasteiger partial charge in [0.25, 0.3) is 0 Å². The Labute approximate surface area is 291 Å². The second kappa shape index (κ2) is 17.8. The predicted molar refractivity (Wildman–Crippen MR) is 186 cm³/mol. The summed E-state index contributed by atoms with van der Waals surface area (Å²) in [5, 5.41) is 15.0. The topological polar surface area (TPSA) is 152 Å². The van der Waals surface area contributed by atoms with Crippen LogP contribution in [0.25, 0.3) is 0 Å². The molecule has 0 aromatic carbocycles. The lowest BCUT2D eigenvalue weighted by molar-refractivity contribution is 0.0779. The van der Waals surface area contributed by atoms with Crippen LogP contribution in [0, 0.1) is 0 Å². The summed E-state index contributed by atoms with van der Waals surface area (Å²) in [5.41, 5.74) is 8.58. The summed E-state index contributed by atoms with van der Waals surface area (Å²) in [4.78, 5) is 27.6. The number of carbonyl (C=O) groups excluding carboxylic acids is 2. The smallest absolute Gasteiger partial charge is 0.410 e. The van der Waals surface area contributed by atoms with Crippen LogP contribution in [0.5, 0.6) is 5.06 Å². The second-order valence-electron chi connectivity index (χ2n) is 10.5. The van der Waals surface area contributed by atoms with E-state index in [1.165, 1.54) is 16.2 Å². The lowest BCUT2D eigenvalue weighted by Gasteiger charge is -2.37. The Bertz CT molecular complexity index is 1610. The van der Waals surface area contributed by atoms with Gasteiger partial charge in [0.05, 0.1) is 21.5 Å². The summed E-state index contributed by atoms with van der Waals surface area (Å²) in [7, 11) is 1.63. The van der Waals surface area contributed by atoms with Crippen molar-refractivity contribution in [3.63, 3.8) is 0 Å². The number of ether oxygens (including phenoxy) is 3. The Kier molecular flexibility index (Phi) is 13.6. The molecular weight excluding hydrogens is 685 g/mol. The maximum absolute atomic E-state index is 11.6. The number of aromatic amines is 2. The van der Waals surface area contributed by atoms with Crippen LogP contribution >= 0.6 is 45.9 Å². The average molecular weight is 723 g/mol. The van der Waals surface area contributed by atoms with Gasteiger partial charge in [-0.2, -0.15) is 10.2 Å². The third-order valence-electron chi connectivity index (χ3n) is 7.07. The molecule has 2 amide bonds. The lowest BCUT2D eigenvalue weighted by atomic mass is 9.96. The van der Waals surface area contributed by atoms with Crippen LogP contribution in [-0.4, -0.2) is 88.9 Å². The van der Waals surface area contributed by atoms with Crippen molar-refractivity contribution >= 4 is 63.9 Å². The van der Waals surface area contributed by atoms with Gasteiger partial charge in [-0.05, 0) is 43.2 Å². The normalized spacial score (nSPS) is 14.0. The van der Waals surface area contributed by atoms with Gasteiger partial charge in [0.1, 0.15) is 19.0 Å². The number of H-pyrrole nitrogens is 2. The third kappa shape index (κ3) is 10.8. The van der Waals surface area contributed by atoms with Gasteiger partial charge < -0.3 is 29.7 Å². The number of nitrogen functional groups attached to an aromatic ring is 1. The number of nitrogens with two attached hydrogens (primary N) is 1. The highest BCUT2D eigenvalue weighted by Gasteiger charge is 2.35. The summed E-state index contributed by atoms with van der Waals surface area (Å²) in [6.07, 6.45) is 4.38. The monoisotopic (exact) mass is 721 g/mol. The first kappa shape index (κ1) is 35.9. The minimum Gasteiger partial charge on any atom is -0.487 e. The second-order valence-corrected chi connectivity index (χ2v) is 13.9. The first-order valence-corrected chi connectivity index (χ1v) is 17.0. The van der Waals surface area contributed by atoms with Crippen molar-refractivity contribution in [1.82, 2.24) is 30.2 Å². The molecule has 0 aliphatic carbocycles. The van der Waals surface area contributed by atoms with E-state index >= 15 is 0 Å². The minimum absolute atomic E-state index is 0.247. The molecule has 2 fully saturated rings. The fourth-order valence-corrected chi connectivity index (χ4v) is 6.44. The molecule has 0 bridgehead atoms. The summed E-state index contributed by atoms with van der Waals surface area (Å²) in [5.74, 6) is 1.04. The molecule has 4 N–H and O–H groups in total. The number of nitrogens with one attached hydrogen (secondary N) is 2. The molecule has 6 rings (SSSR count). The molecule has 47 heavy (non-hydrogen) atoms. The van der Waals surface area contributed by atoms with Crippen molar-refractivity contribution in [3.05, 3.63) is 92.3 Å². The Balaban J connectivity index is 0.000000180. The molecule has 12 nitrogen and oxygen atoms in total. The first-order chi connectivity index (χ1) is 22.7. The highest BCUT2D eigenvalue weighted by atomic mass is 35.5. The van der Waals surface area contributed by atoms with Gasteiger partial charge in [0, 0.05) is 60.3 Å². The van der Waals surface area contributed by atoms with Crippen molar-refractivity contribution < 1.29 is 23.8 Å². The van der Waals surface area contributed by atoms with Gasteiger partial charge in [0.2, 0.25) is 0 Å². The molecular formula is C31H37Cl2N7O5S2. The summed E-state index contributed by atoms with van der Waals surface area (Å²) >= 11 is 14.6. The number of carbonyl (C=O) groups is 2. The van der Waals surface area contributed by atoms with E-state index in [0.29, 0.717) is 32.0 Å². The largest absolute Gasteiger partial charge is 0.487 e. The molecule has 2 saturated heterocycles. The van der Waals surface area contributed by atoms with Crippen LogP contribution in [0.1, 0.15) is 33.8 Å². The van der Waals surface area contributed by atoms with Crippen molar-refractivity contribution in [3.8, 4) is 5.06 Å². The molecule has 6 heterocycles. The van der Waals surface area contributed by atoms with Crippen molar-refractivity contribution in [1.29, 1.82) is 0 Å². The highest BCUT2D eigenvalue weighted by Crippen LogP contribution is 2.29. The summed E-state index contributed by atoms with van der Waals surface area (Å²) in [6, 6.07) is 11.5. The van der Waals surface area contributed by atoms with Crippen LogP contribution in [0.15, 0.2) is 61.7 Å². The van der Waals surface area contributed by atoms with E-state index < -0.39 is 0 Å². The van der Waals surface area contributed by atoms with Crippen molar-refractivity contribution in [2.24, 2.45) is 0 Å². The number of anilines is 1. The number of nitrogens with zero attached hydrogens (tertiary/aromatic N) is 4. The number of aromatic nitrogens is 4. The molecule has 0 radical (unpaired) electrons. The maximum Gasteiger partial charge on any atom is 0.410 e. The van der Waals surface area contributed by atoms with Gasteiger partial charge in [-0.25, -0.2) is 9.59 Å². The van der Waals surface area contributed by atoms with Crippen LogP contribution in [0.4, 0.5) is 15.4 Å². The molecule has 0 spiro atoms. The predicted octanol–water partition coefficient (Wildman–Crippen LogP) is 6.76. The number of methoxy groups -OCH3 is 1. The quantitative estimate of drug-likeness (QED) is 0.152. The van der Waals surface area contributed by atoms with Gasteiger partial charge >= 0.3 is 12.2 Å². The number of likely N-dealkylation sites (tertiary alicyclic amines) is 2. The van der Waals surface area contributed by atoms with Gasteiger partial charge in [0.15, 0.2) is 5.06 Å². The molecule has 16 heteroatoms. The van der Waals surface area contributed by atoms with E-state index in [2.05, 4.69) is 45.7 Å². The Morgan fingerprint density at radius 1 is 0.915 bits per heavy atom. The van der Waals surface area contributed by atoms with Crippen molar-refractivity contribution in [2.75, 3.05) is 52.2 Å². The molecule has 4 aromatic heterocycles. The number of aryl methyl sites for hydroxylation is 2. The highest BCUT2D eigenvalue weighted by molar-refractivity contribution is 7.17. The zero-order valence-electron chi connectivity index (χ0n) is 25.8. The molecule has 252 valence electrons. The maximum atomic E-state index is 11.6. The van der Waals surface area contributed by atoms with Crippen LogP contribution in [0.2, 0.25) is 8.67 Å². The fraction of sp³-hybridized carbons (Fsp3) is 0.355. The molecule has 0 saturated carbocycles. The molecule has 2 aliphatic heterocycles. The van der Waals surface area contributed by atoms with Gasteiger partial charge in [-0.1, -0.05) is 59.8 Å². The van der Waals surface area contributed by atoms with E-state index in [0.717, 1.165) is 43.7 Å². The number of thiophene rings is 2. The molecule has 0 atom stereocenters. The minimum atomic E-state index is -0.302.